The molecule has 3 saturated carbocycles. The normalized spacial score (nSPS) is 30.3. The largest absolute Gasteiger partial charge is 0.442 e. The van der Waals surface area contributed by atoms with Crippen LogP contribution in [0.25, 0.3) is 0 Å². The van der Waals surface area contributed by atoms with Crippen molar-refractivity contribution in [3.05, 3.63) is 18.6 Å². The molecule has 0 radical (unpaired) electrons. The molecule has 1 saturated heterocycles. The SMILES string of the molecule is COC12CC(C(=O)Nc3ncc(Oc4cnc(N5CCOC(F)C5)nc4)s3)(C1)C2. The molecule has 4 aliphatic rings. The lowest BCUT2D eigenvalue weighted by molar-refractivity contribution is -0.260. The van der Waals surface area contributed by atoms with Gasteiger partial charge in [-0.2, -0.15) is 0 Å². The molecule has 4 fully saturated rings. The lowest BCUT2D eigenvalue weighted by Crippen LogP contribution is -2.72. The number of carbonyl (C=O) groups excluding carboxylic acids is 1. The number of nitrogens with zero attached hydrogens (tertiary/aromatic N) is 4. The second kappa shape index (κ2) is 6.85. The third-order valence-electron chi connectivity index (χ3n) is 5.74. The van der Waals surface area contributed by atoms with E-state index in [-0.39, 0.29) is 23.5 Å². The fraction of sp³-hybridized carbons (Fsp3) is 0.556. The van der Waals surface area contributed by atoms with Crippen LogP contribution in [0.4, 0.5) is 15.5 Å². The number of ether oxygens (including phenoxy) is 3. The van der Waals surface area contributed by atoms with Gasteiger partial charge in [0.1, 0.15) is 0 Å². The summed E-state index contributed by atoms with van der Waals surface area (Å²) < 4.78 is 29.4. The molecular formula is C18H20FN5O4S. The fourth-order valence-electron chi connectivity index (χ4n) is 4.18. The van der Waals surface area contributed by atoms with Gasteiger partial charge >= 0.3 is 0 Å². The van der Waals surface area contributed by atoms with Gasteiger partial charge in [0.15, 0.2) is 10.9 Å². The second-order valence-corrected chi connectivity index (χ2v) is 8.68. The number of anilines is 2. The molecule has 11 heteroatoms. The first kappa shape index (κ1) is 18.6. The van der Waals surface area contributed by atoms with Gasteiger partial charge in [-0.15, -0.1) is 0 Å². The highest BCUT2D eigenvalue weighted by molar-refractivity contribution is 7.17. The maximum absolute atomic E-state index is 13.3. The van der Waals surface area contributed by atoms with Gasteiger partial charge in [0.05, 0.1) is 42.8 Å². The van der Waals surface area contributed by atoms with Crippen LogP contribution in [0.1, 0.15) is 19.3 Å². The summed E-state index contributed by atoms with van der Waals surface area (Å²) in [6.45, 7) is 0.933. The monoisotopic (exact) mass is 421 g/mol. The Kier molecular flexibility index (Phi) is 4.41. The molecule has 0 aromatic carbocycles. The molecular weight excluding hydrogens is 401 g/mol. The molecule has 1 unspecified atom stereocenters. The van der Waals surface area contributed by atoms with Crippen LogP contribution < -0.4 is 15.0 Å². The van der Waals surface area contributed by atoms with Crippen LogP contribution in [0.5, 0.6) is 10.8 Å². The zero-order chi connectivity index (χ0) is 20.1. The van der Waals surface area contributed by atoms with Gasteiger partial charge in [-0.1, -0.05) is 11.3 Å². The Bertz CT molecular complexity index is 903. The number of aromatic nitrogens is 3. The summed E-state index contributed by atoms with van der Waals surface area (Å²) in [5.41, 5.74) is -0.378. The molecule has 6 rings (SSSR count). The zero-order valence-electron chi connectivity index (χ0n) is 15.8. The van der Waals surface area contributed by atoms with Gasteiger partial charge in [0.25, 0.3) is 0 Å². The second-order valence-electron chi connectivity index (χ2n) is 7.68. The summed E-state index contributed by atoms with van der Waals surface area (Å²) in [5, 5.41) is 3.87. The number of alkyl halides is 1. The molecule has 0 spiro atoms. The minimum absolute atomic E-state index is 0.0123. The first-order valence-electron chi connectivity index (χ1n) is 9.32. The Morgan fingerprint density at radius 2 is 2.07 bits per heavy atom. The lowest BCUT2D eigenvalue weighted by atomic mass is 9.41. The first-order chi connectivity index (χ1) is 14.0. The van der Waals surface area contributed by atoms with Crippen LogP contribution in [-0.2, 0) is 14.3 Å². The van der Waals surface area contributed by atoms with Crippen molar-refractivity contribution < 1.29 is 23.4 Å². The predicted octanol–water partition coefficient (Wildman–Crippen LogP) is 2.37. The Morgan fingerprint density at radius 3 is 2.76 bits per heavy atom. The van der Waals surface area contributed by atoms with E-state index in [1.165, 1.54) is 23.7 Å². The highest BCUT2D eigenvalue weighted by Gasteiger charge is 2.72. The van der Waals surface area contributed by atoms with Crippen LogP contribution in [0.2, 0.25) is 0 Å². The summed E-state index contributed by atoms with van der Waals surface area (Å²) in [7, 11) is 1.69. The molecule has 1 N–H and O–H groups in total. The Balaban J connectivity index is 1.17. The number of hydrogen-bond donors (Lipinski definition) is 1. The maximum atomic E-state index is 13.3. The molecule has 3 heterocycles. The van der Waals surface area contributed by atoms with E-state index in [9.17, 15) is 9.18 Å². The number of amides is 1. The Labute approximate surface area is 170 Å². The van der Waals surface area contributed by atoms with Gasteiger partial charge in [-0.05, 0) is 19.3 Å². The van der Waals surface area contributed by atoms with Crippen LogP contribution >= 0.6 is 11.3 Å². The molecule has 29 heavy (non-hydrogen) atoms. The minimum Gasteiger partial charge on any atom is -0.442 e. The standard InChI is InChI=1S/C18H20FN5O4S/c1-26-18-8-17(9-18,10-18)14(25)23-16-22-6-13(29-16)28-11-4-20-15(21-5-11)24-2-3-27-12(19)7-24/h4-6,12H,2-3,7-10H2,1H3,(H,22,23,25). The topological polar surface area (TPSA) is 98.7 Å². The third-order valence-corrected chi connectivity index (χ3v) is 6.53. The number of nitrogens with one attached hydrogen (secondary N) is 1. The van der Waals surface area contributed by atoms with E-state index in [0.717, 1.165) is 19.3 Å². The van der Waals surface area contributed by atoms with Crippen molar-refractivity contribution in [2.75, 3.05) is 37.0 Å². The summed E-state index contributed by atoms with van der Waals surface area (Å²) >= 11 is 1.23. The molecule has 2 bridgehead atoms. The summed E-state index contributed by atoms with van der Waals surface area (Å²) in [6.07, 6.45) is 5.57. The number of thiazole rings is 1. The van der Waals surface area contributed by atoms with Crippen LogP contribution in [0.3, 0.4) is 0 Å². The van der Waals surface area contributed by atoms with Crippen LogP contribution in [0.15, 0.2) is 18.6 Å². The maximum Gasteiger partial charge on any atom is 0.232 e. The average Bonchev–Trinajstić information content (AvgIpc) is 3.07. The molecule has 3 aliphatic carbocycles. The van der Waals surface area contributed by atoms with Crippen molar-refractivity contribution in [1.29, 1.82) is 0 Å². The smallest absolute Gasteiger partial charge is 0.232 e. The van der Waals surface area contributed by atoms with E-state index < -0.39 is 6.36 Å². The van der Waals surface area contributed by atoms with Crippen LogP contribution in [0, 0.1) is 5.41 Å². The average molecular weight is 421 g/mol. The molecule has 1 aliphatic heterocycles. The number of hydrogen-bond acceptors (Lipinski definition) is 9. The molecule has 2 aromatic rings. The number of rotatable bonds is 6. The summed E-state index contributed by atoms with van der Waals surface area (Å²) in [4.78, 5) is 26.9. The fourth-order valence-corrected chi connectivity index (χ4v) is 4.86. The van der Waals surface area contributed by atoms with Crippen molar-refractivity contribution in [2.45, 2.75) is 31.2 Å². The van der Waals surface area contributed by atoms with Gasteiger partial charge in [-0.25, -0.2) is 19.3 Å². The third kappa shape index (κ3) is 3.32. The summed E-state index contributed by atoms with van der Waals surface area (Å²) in [6, 6.07) is 0. The quantitative estimate of drug-likeness (QED) is 0.759. The van der Waals surface area contributed by atoms with E-state index in [2.05, 4.69) is 20.3 Å². The van der Waals surface area contributed by atoms with Gasteiger partial charge < -0.3 is 24.4 Å². The minimum atomic E-state index is -1.33. The Hall–Kier alpha value is -2.37. The predicted molar refractivity (Wildman–Crippen MR) is 102 cm³/mol. The van der Waals surface area contributed by atoms with E-state index in [4.69, 9.17) is 14.2 Å². The zero-order valence-corrected chi connectivity index (χ0v) is 16.6. The number of morpholine rings is 1. The first-order valence-corrected chi connectivity index (χ1v) is 10.1. The van der Waals surface area contributed by atoms with Gasteiger partial charge in [0, 0.05) is 13.7 Å². The highest BCUT2D eigenvalue weighted by atomic mass is 32.1. The number of methoxy groups -OCH3 is 1. The molecule has 1 atom stereocenters. The number of carbonyl (C=O) groups is 1. The summed E-state index contributed by atoms with van der Waals surface area (Å²) in [5.74, 6) is 0.844. The molecule has 154 valence electrons. The number of halogens is 1. The molecule has 1 amide bonds. The van der Waals surface area contributed by atoms with E-state index >= 15 is 0 Å². The van der Waals surface area contributed by atoms with Crippen molar-refractivity contribution in [3.63, 3.8) is 0 Å². The van der Waals surface area contributed by atoms with E-state index in [0.29, 0.717) is 35.0 Å². The van der Waals surface area contributed by atoms with Gasteiger partial charge in [0.2, 0.25) is 23.3 Å². The van der Waals surface area contributed by atoms with Crippen molar-refractivity contribution in [3.8, 4) is 10.8 Å². The van der Waals surface area contributed by atoms with Crippen molar-refractivity contribution >= 4 is 28.3 Å². The van der Waals surface area contributed by atoms with Gasteiger partial charge in [-0.3, -0.25) is 4.79 Å². The van der Waals surface area contributed by atoms with Crippen molar-refractivity contribution in [1.82, 2.24) is 15.0 Å². The Morgan fingerprint density at radius 1 is 1.31 bits per heavy atom. The van der Waals surface area contributed by atoms with Crippen LogP contribution in [-0.4, -0.2) is 59.6 Å². The van der Waals surface area contributed by atoms with E-state index in [1.54, 1.807) is 18.2 Å². The van der Waals surface area contributed by atoms with E-state index in [1.807, 2.05) is 0 Å². The van der Waals surface area contributed by atoms with Crippen molar-refractivity contribution in [2.24, 2.45) is 5.41 Å². The lowest BCUT2D eigenvalue weighted by Gasteiger charge is -2.67. The molecule has 9 nitrogen and oxygen atoms in total. The highest BCUT2D eigenvalue weighted by Crippen LogP contribution is 2.69. The molecule has 2 aromatic heterocycles.